The van der Waals surface area contributed by atoms with Gasteiger partial charge in [-0.05, 0) is 55.6 Å². The molecule has 2 aromatic carbocycles. The standard InChI is InChI=1S/C22H23FN2O2/c23-18-9-16(22-17(10-18)13-26-14-27-22)12-25-7-5-15(6-8-25)20-11-24-21-4-2-1-3-19(20)21/h1-4,9-11,15,24H,5-8,12-14H2. The summed E-state index contributed by atoms with van der Waals surface area (Å²) in [4.78, 5) is 5.80. The second-order valence-corrected chi connectivity index (χ2v) is 7.50. The van der Waals surface area contributed by atoms with E-state index in [1.807, 2.05) is 0 Å². The van der Waals surface area contributed by atoms with Crippen molar-refractivity contribution in [1.82, 2.24) is 9.88 Å². The van der Waals surface area contributed by atoms with Crippen molar-refractivity contribution in [2.75, 3.05) is 19.9 Å². The van der Waals surface area contributed by atoms with Gasteiger partial charge in [-0.2, -0.15) is 0 Å². The summed E-state index contributed by atoms with van der Waals surface area (Å²) in [6, 6.07) is 11.6. The van der Waals surface area contributed by atoms with Gasteiger partial charge in [-0.3, -0.25) is 4.90 Å². The average Bonchev–Trinajstić information content (AvgIpc) is 3.13. The molecule has 140 valence electrons. The molecule has 3 heterocycles. The van der Waals surface area contributed by atoms with E-state index in [2.05, 4.69) is 40.3 Å². The number of ether oxygens (including phenoxy) is 2. The van der Waals surface area contributed by atoms with Gasteiger partial charge >= 0.3 is 0 Å². The normalized spacial score (nSPS) is 18.4. The lowest BCUT2D eigenvalue weighted by Gasteiger charge is -2.33. The number of rotatable bonds is 3. The maximum Gasteiger partial charge on any atom is 0.189 e. The average molecular weight is 366 g/mol. The Labute approximate surface area is 157 Å². The minimum absolute atomic E-state index is 0.216. The molecule has 1 N–H and O–H groups in total. The van der Waals surface area contributed by atoms with Gasteiger partial charge < -0.3 is 14.5 Å². The Hall–Kier alpha value is -2.37. The van der Waals surface area contributed by atoms with Crippen molar-refractivity contribution in [3.05, 3.63) is 65.1 Å². The number of hydrogen-bond acceptors (Lipinski definition) is 3. The first-order valence-corrected chi connectivity index (χ1v) is 9.58. The number of H-pyrrole nitrogens is 1. The monoisotopic (exact) mass is 366 g/mol. The Balaban J connectivity index is 1.30. The van der Waals surface area contributed by atoms with Crippen LogP contribution < -0.4 is 4.74 Å². The molecule has 5 heteroatoms. The summed E-state index contributed by atoms with van der Waals surface area (Å²) in [6.45, 7) is 3.40. The fourth-order valence-corrected chi connectivity index (χ4v) is 4.45. The fourth-order valence-electron chi connectivity index (χ4n) is 4.45. The highest BCUT2D eigenvalue weighted by Crippen LogP contribution is 2.35. The lowest BCUT2D eigenvalue weighted by atomic mass is 9.89. The summed E-state index contributed by atoms with van der Waals surface area (Å²) in [5.74, 6) is 1.16. The van der Waals surface area contributed by atoms with Crippen LogP contribution in [0.25, 0.3) is 10.9 Å². The minimum Gasteiger partial charge on any atom is -0.467 e. The number of likely N-dealkylation sites (tertiary alicyclic amines) is 1. The third kappa shape index (κ3) is 3.22. The number of nitrogens with zero attached hydrogens (tertiary/aromatic N) is 1. The molecule has 1 fully saturated rings. The van der Waals surface area contributed by atoms with Crippen LogP contribution in [0.5, 0.6) is 5.75 Å². The molecule has 0 atom stereocenters. The van der Waals surface area contributed by atoms with Crippen LogP contribution in [0.3, 0.4) is 0 Å². The van der Waals surface area contributed by atoms with E-state index in [-0.39, 0.29) is 12.6 Å². The molecule has 2 aliphatic rings. The number of para-hydroxylation sites is 1. The van der Waals surface area contributed by atoms with E-state index in [0.29, 0.717) is 12.5 Å². The van der Waals surface area contributed by atoms with E-state index in [0.717, 1.165) is 49.4 Å². The number of hydrogen-bond donors (Lipinski definition) is 1. The van der Waals surface area contributed by atoms with Crippen LogP contribution in [0.2, 0.25) is 0 Å². The van der Waals surface area contributed by atoms with Gasteiger partial charge in [-0.25, -0.2) is 4.39 Å². The molecule has 3 aromatic rings. The SMILES string of the molecule is Fc1cc2c(c(CN3CCC(c4c[nH]c5ccccc45)CC3)c1)OCOC2. The largest absolute Gasteiger partial charge is 0.467 e. The first kappa shape index (κ1) is 16.8. The topological polar surface area (TPSA) is 37.5 Å². The molecular formula is C22H23FN2O2. The summed E-state index contributed by atoms with van der Waals surface area (Å²) >= 11 is 0. The lowest BCUT2D eigenvalue weighted by molar-refractivity contribution is -0.0177. The van der Waals surface area contributed by atoms with Crippen LogP contribution in [0.15, 0.2) is 42.6 Å². The summed E-state index contributed by atoms with van der Waals surface area (Å²) in [7, 11) is 0. The summed E-state index contributed by atoms with van der Waals surface area (Å²) in [5.41, 5.74) is 4.37. The van der Waals surface area contributed by atoms with Crippen molar-refractivity contribution < 1.29 is 13.9 Å². The van der Waals surface area contributed by atoms with Crippen molar-refractivity contribution in [3.8, 4) is 5.75 Å². The Morgan fingerprint density at radius 3 is 2.89 bits per heavy atom. The van der Waals surface area contributed by atoms with Crippen LogP contribution >= 0.6 is 0 Å². The third-order valence-corrected chi connectivity index (χ3v) is 5.79. The molecule has 0 unspecified atom stereocenters. The smallest absolute Gasteiger partial charge is 0.189 e. The van der Waals surface area contributed by atoms with Gasteiger partial charge in [0.05, 0.1) is 6.61 Å². The van der Waals surface area contributed by atoms with Gasteiger partial charge in [0.15, 0.2) is 6.79 Å². The van der Waals surface area contributed by atoms with Crippen LogP contribution in [-0.2, 0) is 17.9 Å². The molecule has 0 radical (unpaired) electrons. The number of fused-ring (bicyclic) bond motifs is 2. The third-order valence-electron chi connectivity index (χ3n) is 5.79. The summed E-state index contributed by atoms with van der Waals surface area (Å²) < 4.78 is 24.9. The van der Waals surface area contributed by atoms with E-state index in [4.69, 9.17) is 9.47 Å². The number of nitrogens with one attached hydrogen (secondary N) is 1. The molecular weight excluding hydrogens is 343 g/mol. The van der Waals surface area contributed by atoms with Gasteiger partial charge in [0.1, 0.15) is 11.6 Å². The van der Waals surface area contributed by atoms with Crippen molar-refractivity contribution in [2.45, 2.75) is 31.9 Å². The van der Waals surface area contributed by atoms with Crippen LogP contribution in [0, 0.1) is 5.82 Å². The highest BCUT2D eigenvalue weighted by atomic mass is 19.1. The highest BCUT2D eigenvalue weighted by molar-refractivity contribution is 5.83. The second-order valence-electron chi connectivity index (χ2n) is 7.50. The zero-order valence-corrected chi connectivity index (χ0v) is 15.2. The first-order chi connectivity index (χ1) is 13.3. The molecule has 5 rings (SSSR count). The highest BCUT2D eigenvalue weighted by Gasteiger charge is 2.25. The molecule has 4 nitrogen and oxygen atoms in total. The molecule has 1 aromatic heterocycles. The van der Waals surface area contributed by atoms with E-state index in [1.54, 1.807) is 6.07 Å². The lowest BCUT2D eigenvalue weighted by Crippen LogP contribution is -2.32. The number of piperidine rings is 1. The van der Waals surface area contributed by atoms with Crippen molar-refractivity contribution in [3.63, 3.8) is 0 Å². The molecule has 0 bridgehead atoms. The number of aromatic nitrogens is 1. The summed E-state index contributed by atoms with van der Waals surface area (Å²) in [6.07, 6.45) is 4.40. The van der Waals surface area contributed by atoms with Gasteiger partial charge in [0, 0.05) is 34.8 Å². The number of aromatic amines is 1. The van der Waals surface area contributed by atoms with Gasteiger partial charge in [-0.1, -0.05) is 18.2 Å². The molecule has 27 heavy (non-hydrogen) atoms. The predicted octanol–water partition coefficient (Wildman–Crippen LogP) is 4.55. The molecule has 0 aliphatic carbocycles. The van der Waals surface area contributed by atoms with Crippen molar-refractivity contribution in [2.24, 2.45) is 0 Å². The quantitative estimate of drug-likeness (QED) is 0.739. The Morgan fingerprint density at radius 2 is 2.00 bits per heavy atom. The van der Waals surface area contributed by atoms with E-state index >= 15 is 0 Å². The zero-order valence-electron chi connectivity index (χ0n) is 15.2. The predicted molar refractivity (Wildman–Crippen MR) is 102 cm³/mol. The molecule has 0 saturated carbocycles. The number of benzene rings is 2. The van der Waals surface area contributed by atoms with Gasteiger partial charge in [0.2, 0.25) is 0 Å². The molecule has 0 spiro atoms. The van der Waals surface area contributed by atoms with Crippen LogP contribution in [-0.4, -0.2) is 29.8 Å². The van der Waals surface area contributed by atoms with Crippen LogP contribution in [0.1, 0.15) is 35.4 Å². The maximum atomic E-state index is 14.0. The minimum atomic E-state index is -0.216. The fraction of sp³-hybridized carbons (Fsp3) is 0.364. The Bertz CT molecular complexity index is 960. The van der Waals surface area contributed by atoms with Crippen LogP contribution in [0.4, 0.5) is 4.39 Å². The first-order valence-electron chi connectivity index (χ1n) is 9.58. The molecule has 0 amide bonds. The Kier molecular flexibility index (Phi) is 4.34. The maximum absolute atomic E-state index is 14.0. The van der Waals surface area contributed by atoms with Gasteiger partial charge in [-0.15, -0.1) is 0 Å². The van der Waals surface area contributed by atoms with Crippen molar-refractivity contribution >= 4 is 10.9 Å². The molecule has 1 saturated heterocycles. The van der Waals surface area contributed by atoms with Gasteiger partial charge in [0.25, 0.3) is 0 Å². The number of halogens is 1. The molecule has 2 aliphatic heterocycles. The van der Waals surface area contributed by atoms with E-state index in [9.17, 15) is 4.39 Å². The van der Waals surface area contributed by atoms with E-state index < -0.39 is 0 Å². The Morgan fingerprint density at radius 1 is 1.15 bits per heavy atom. The summed E-state index contributed by atoms with van der Waals surface area (Å²) in [5, 5.41) is 1.34. The second kappa shape index (κ2) is 6.98. The van der Waals surface area contributed by atoms with Crippen molar-refractivity contribution in [1.29, 1.82) is 0 Å². The zero-order chi connectivity index (χ0) is 18.2. The van der Waals surface area contributed by atoms with E-state index in [1.165, 1.54) is 22.5 Å².